The molecule has 0 aromatic rings. The van der Waals surface area contributed by atoms with E-state index in [1.165, 1.54) is 38.5 Å². The van der Waals surface area contributed by atoms with Crippen LogP contribution in [0.1, 0.15) is 97.3 Å². The van der Waals surface area contributed by atoms with Crippen LogP contribution in [0.5, 0.6) is 0 Å². The maximum atomic E-state index is 12.5. The van der Waals surface area contributed by atoms with Gasteiger partial charge in [0.05, 0.1) is 39.9 Å². The number of hydrogen-bond acceptors (Lipinski definition) is 6. The van der Waals surface area contributed by atoms with Crippen LogP contribution in [0, 0.1) is 0 Å². The topological polar surface area (TPSA) is 108 Å². The van der Waals surface area contributed by atoms with Gasteiger partial charge in [0.25, 0.3) is 7.82 Å². The molecule has 0 spiro atoms. The number of carbonyl (C=O) groups excluding carboxylic acids is 1. The number of aliphatic hydroxyl groups excluding tert-OH is 1. The fourth-order valence-electron chi connectivity index (χ4n) is 3.43. The highest BCUT2D eigenvalue weighted by Crippen LogP contribution is 2.38. The number of unbranched alkanes of at least 4 members (excludes halogenated alkanes) is 10. The Bertz CT molecular complexity index is 609. The van der Waals surface area contributed by atoms with Crippen LogP contribution in [0.15, 0.2) is 12.2 Å². The molecule has 0 aliphatic heterocycles. The Kier molecular flexibility index (Phi) is 19.9. The molecule has 0 fully saturated rings. The lowest BCUT2D eigenvalue weighted by atomic mass is 10.1. The summed E-state index contributed by atoms with van der Waals surface area (Å²) in [4.78, 5) is 24.6. The van der Waals surface area contributed by atoms with Gasteiger partial charge in [-0.25, -0.2) is 0 Å². The molecule has 0 heterocycles. The Hall–Kier alpha value is -0.760. The first kappa shape index (κ1) is 34.2. The van der Waals surface area contributed by atoms with E-state index in [0.717, 1.165) is 38.5 Å². The van der Waals surface area contributed by atoms with Crippen molar-refractivity contribution in [3.05, 3.63) is 12.2 Å². The summed E-state index contributed by atoms with van der Waals surface area (Å²) in [6.07, 6.45) is 16.0. The summed E-state index contributed by atoms with van der Waals surface area (Å²) in [7, 11) is 1.25. The van der Waals surface area contributed by atoms with Crippen molar-refractivity contribution in [1.29, 1.82) is 0 Å². The minimum atomic E-state index is -4.54. The van der Waals surface area contributed by atoms with Crippen molar-refractivity contribution in [3.8, 4) is 0 Å². The van der Waals surface area contributed by atoms with Crippen molar-refractivity contribution in [2.24, 2.45) is 0 Å². The third kappa shape index (κ3) is 22.2. The first-order valence-electron chi connectivity index (χ1n) is 13.6. The van der Waals surface area contributed by atoms with Gasteiger partial charge in [0.1, 0.15) is 13.2 Å². The van der Waals surface area contributed by atoms with Crippen molar-refractivity contribution >= 4 is 13.7 Å². The predicted molar refractivity (Wildman–Crippen MR) is 141 cm³/mol. The van der Waals surface area contributed by atoms with E-state index < -0.39 is 20.0 Å². The van der Waals surface area contributed by atoms with Gasteiger partial charge in [-0.05, 0) is 12.8 Å². The number of nitrogens with one attached hydrogen (secondary N) is 1. The van der Waals surface area contributed by atoms with Crippen molar-refractivity contribution in [2.45, 2.75) is 109 Å². The van der Waals surface area contributed by atoms with Crippen LogP contribution >= 0.6 is 7.82 Å². The molecule has 9 heteroatoms. The number of likely N-dealkylation sites (N-methyl/N-ethyl adjacent to an activating group) is 1. The van der Waals surface area contributed by atoms with Crippen LogP contribution in [-0.4, -0.2) is 68.5 Å². The first-order valence-corrected chi connectivity index (χ1v) is 15.0. The maximum Gasteiger partial charge on any atom is 0.268 e. The minimum absolute atomic E-state index is 0.000614. The van der Waals surface area contributed by atoms with Gasteiger partial charge in [0, 0.05) is 6.42 Å². The Balaban J connectivity index is 4.59. The van der Waals surface area contributed by atoms with Gasteiger partial charge >= 0.3 is 0 Å². The molecule has 0 bridgehead atoms. The molecule has 208 valence electrons. The van der Waals surface area contributed by atoms with Gasteiger partial charge < -0.3 is 28.8 Å². The van der Waals surface area contributed by atoms with E-state index >= 15 is 0 Å². The number of quaternary nitrogens is 1. The van der Waals surface area contributed by atoms with Crippen LogP contribution in [0.3, 0.4) is 0 Å². The quantitative estimate of drug-likeness (QED) is 0.0875. The third-order valence-electron chi connectivity index (χ3n) is 5.75. The highest BCUT2D eigenvalue weighted by atomic mass is 31.2. The normalized spacial score (nSPS) is 15.7. The summed E-state index contributed by atoms with van der Waals surface area (Å²) in [5.74, 6) is -0.214. The van der Waals surface area contributed by atoms with E-state index in [2.05, 4.69) is 19.2 Å². The van der Waals surface area contributed by atoms with E-state index in [1.54, 1.807) is 6.08 Å². The molecule has 0 saturated carbocycles. The highest BCUT2D eigenvalue weighted by Gasteiger charge is 2.23. The lowest BCUT2D eigenvalue weighted by Gasteiger charge is -2.29. The number of rotatable bonds is 23. The lowest BCUT2D eigenvalue weighted by Crippen LogP contribution is -2.45. The van der Waals surface area contributed by atoms with E-state index in [4.69, 9.17) is 9.05 Å². The average molecular weight is 521 g/mol. The zero-order valence-corrected chi connectivity index (χ0v) is 23.9. The van der Waals surface area contributed by atoms with Crippen molar-refractivity contribution in [3.63, 3.8) is 0 Å². The van der Waals surface area contributed by atoms with E-state index in [9.17, 15) is 19.4 Å². The van der Waals surface area contributed by atoms with Gasteiger partial charge in [-0.2, -0.15) is 0 Å². The molecule has 0 aliphatic rings. The second-order valence-electron chi connectivity index (χ2n) is 10.4. The number of allylic oxidation sites excluding steroid dienone is 1. The molecule has 0 saturated heterocycles. The van der Waals surface area contributed by atoms with Gasteiger partial charge in [0.15, 0.2) is 0 Å². The molecule has 0 aliphatic carbocycles. The molecule has 0 aromatic heterocycles. The highest BCUT2D eigenvalue weighted by molar-refractivity contribution is 7.45. The van der Waals surface area contributed by atoms with Gasteiger partial charge in [-0.3, -0.25) is 9.36 Å². The number of amides is 1. The van der Waals surface area contributed by atoms with Gasteiger partial charge in [-0.15, -0.1) is 0 Å². The Labute approximate surface area is 214 Å². The fourth-order valence-corrected chi connectivity index (χ4v) is 4.15. The zero-order chi connectivity index (χ0) is 26.6. The fraction of sp³-hybridized carbons (Fsp3) is 0.885. The van der Waals surface area contributed by atoms with Crippen LogP contribution in [0.4, 0.5) is 0 Å². The summed E-state index contributed by atoms with van der Waals surface area (Å²) in [6.45, 7) is 4.41. The Morgan fingerprint density at radius 3 is 2.11 bits per heavy atom. The monoisotopic (exact) mass is 520 g/mol. The zero-order valence-electron chi connectivity index (χ0n) is 23.0. The number of nitrogens with zero attached hydrogens (tertiary/aromatic N) is 1. The number of carbonyl (C=O) groups is 1. The second kappa shape index (κ2) is 20.3. The number of hydrogen-bond donors (Lipinski definition) is 2. The van der Waals surface area contributed by atoms with Crippen LogP contribution in [-0.2, 0) is 18.4 Å². The van der Waals surface area contributed by atoms with E-state index in [1.807, 2.05) is 27.2 Å². The van der Waals surface area contributed by atoms with Gasteiger partial charge in [0.2, 0.25) is 5.91 Å². The molecule has 3 atom stereocenters. The van der Waals surface area contributed by atoms with Crippen molar-refractivity contribution in [2.75, 3.05) is 40.9 Å². The minimum Gasteiger partial charge on any atom is -0.756 e. The molecular weight excluding hydrogens is 467 g/mol. The van der Waals surface area contributed by atoms with Crippen LogP contribution in [0.2, 0.25) is 0 Å². The van der Waals surface area contributed by atoms with Crippen molar-refractivity contribution in [1.82, 2.24) is 5.32 Å². The third-order valence-corrected chi connectivity index (χ3v) is 6.71. The van der Waals surface area contributed by atoms with Gasteiger partial charge in [-0.1, -0.05) is 90.2 Å². The number of aliphatic hydroxyl groups is 1. The molecule has 2 N–H and O–H groups in total. The first-order chi connectivity index (χ1) is 16.5. The second-order valence-corrected chi connectivity index (χ2v) is 11.8. The Morgan fingerprint density at radius 1 is 0.971 bits per heavy atom. The summed E-state index contributed by atoms with van der Waals surface area (Å²) in [6, 6.07) is -0.872. The molecular formula is C26H53N2O6P. The average Bonchev–Trinajstić information content (AvgIpc) is 2.77. The SMILES string of the molecule is CCCC/C=C/C(O)C(COP(=O)([O-])OCC[N+](C)(C)C)NC(=O)CCCCCCCCCCC. The van der Waals surface area contributed by atoms with Crippen LogP contribution in [0.25, 0.3) is 0 Å². The summed E-state index contributed by atoms with van der Waals surface area (Å²) in [5.41, 5.74) is 0. The molecule has 0 rings (SSSR count). The number of phosphoric acid groups is 1. The van der Waals surface area contributed by atoms with E-state index in [-0.39, 0.29) is 19.1 Å². The maximum absolute atomic E-state index is 12.5. The largest absolute Gasteiger partial charge is 0.756 e. The smallest absolute Gasteiger partial charge is 0.268 e. The molecule has 0 radical (unpaired) electrons. The molecule has 1 amide bonds. The van der Waals surface area contributed by atoms with E-state index in [0.29, 0.717) is 17.4 Å². The molecule has 3 unspecified atom stereocenters. The summed E-state index contributed by atoms with van der Waals surface area (Å²) >= 11 is 0. The molecule has 0 aromatic carbocycles. The molecule has 8 nitrogen and oxygen atoms in total. The lowest BCUT2D eigenvalue weighted by molar-refractivity contribution is -0.870. The van der Waals surface area contributed by atoms with Crippen molar-refractivity contribution < 1.29 is 32.9 Å². The Morgan fingerprint density at radius 2 is 1.54 bits per heavy atom. The summed E-state index contributed by atoms with van der Waals surface area (Å²) in [5, 5.41) is 13.3. The standard InChI is InChI=1S/C26H53N2O6P/c1-6-8-10-12-13-14-15-16-18-20-26(30)27-24(25(29)19-17-11-9-7-2)23-34-35(31,32)33-22-21-28(3,4)5/h17,19,24-25,29H,6-16,18,20-23H2,1-5H3,(H-,27,30,31,32)/b19-17+. The summed E-state index contributed by atoms with van der Waals surface area (Å²) < 4.78 is 22.7. The molecule has 35 heavy (non-hydrogen) atoms. The van der Waals surface area contributed by atoms with Crippen LogP contribution < -0.4 is 10.2 Å². The predicted octanol–water partition coefficient (Wildman–Crippen LogP) is 4.71. The number of phosphoric ester groups is 1.